The van der Waals surface area contributed by atoms with Crippen LogP contribution in [0.25, 0.3) is 0 Å². The Morgan fingerprint density at radius 1 is 1.33 bits per heavy atom. The van der Waals surface area contributed by atoms with Crippen molar-refractivity contribution < 1.29 is 4.42 Å². The molecule has 0 bridgehead atoms. The molecule has 0 atom stereocenters. The number of anilines is 1. The van der Waals surface area contributed by atoms with Crippen molar-refractivity contribution in [2.45, 2.75) is 38.0 Å². The first-order valence-electron chi connectivity index (χ1n) is 4.57. The molecule has 0 amide bonds. The average molecular weight is 166 g/mol. The van der Waals surface area contributed by atoms with E-state index in [1.165, 1.54) is 32.1 Å². The molecule has 0 unspecified atom stereocenters. The van der Waals surface area contributed by atoms with Crippen LogP contribution in [0, 0.1) is 0 Å². The summed E-state index contributed by atoms with van der Waals surface area (Å²) >= 11 is 0. The molecule has 1 aromatic rings. The van der Waals surface area contributed by atoms with E-state index in [0.717, 1.165) is 5.89 Å². The van der Waals surface area contributed by atoms with E-state index in [1.54, 1.807) is 6.20 Å². The van der Waals surface area contributed by atoms with Gasteiger partial charge in [0.1, 0.15) is 0 Å². The van der Waals surface area contributed by atoms with Crippen molar-refractivity contribution >= 4 is 5.88 Å². The van der Waals surface area contributed by atoms with E-state index < -0.39 is 0 Å². The van der Waals surface area contributed by atoms with Gasteiger partial charge in [0.25, 0.3) is 0 Å². The van der Waals surface area contributed by atoms with Crippen LogP contribution in [-0.4, -0.2) is 4.98 Å². The maximum atomic E-state index is 5.46. The van der Waals surface area contributed by atoms with Crippen LogP contribution in [0.2, 0.25) is 0 Å². The Hall–Kier alpha value is -0.990. The molecule has 0 saturated heterocycles. The van der Waals surface area contributed by atoms with Crippen LogP contribution in [-0.2, 0) is 0 Å². The molecule has 0 radical (unpaired) electrons. The molecular formula is C9H14N2O. The number of aromatic nitrogens is 1. The van der Waals surface area contributed by atoms with Crippen LogP contribution in [0.3, 0.4) is 0 Å². The predicted octanol–water partition coefficient (Wildman–Crippen LogP) is 2.30. The normalized spacial score (nSPS) is 19.7. The second kappa shape index (κ2) is 3.17. The van der Waals surface area contributed by atoms with Gasteiger partial charge in [0.15, 0.2) is 5.89 Å². The van der Waals surface area contributed by atoms with Gasteiger partial charge in [-0.2, -0.15) is 0 Å². The van der Waals surface area contributed by atoms with Gasteiger partial charge in [-0.15, -0.1) is 0 Å². The molecule has 3 heteroatoms. The minimum Gasteiger partial charge on any atom is -0.425 e. The van der Waals surface area contributed by atoms with Crippen molar-refractivity contribution in [3.05, 3.63) is 12.1 Å². The second-order valence-electron chi connectivity index (χ2n) is 3.44. The second-order valence-corrected chi connectivity index (χ2v) is 3.44. The summed E-state index contributed by atoms with van der Waals surface area (Å²) in [5.41, 5.74) is 5.46. The van der Waals surface area contributed by atoms with Gasteiger partial charge in [-0.05, 0) is 12.8 Å². The van der Waals surface area contributed by atoms with Gasteiger partial charge in [0, 0.05) is 5.92 Å². The third kappa shape index (κ3) is 1.44. The maximum Gasteiger partial charge on any atom is 0.211 e. The average Bonchev–Trinajstić information content (AvgIpc) is 2.54. The summed E-state index contributed by atoms with van der Waals surface area (Å²) in [6.07, 6.45) is 7.97. The first-order chi connectivity index (χ1) is 5.86. The molecule has 12 heavy (non-hydrogen) atoms. The highest BCUT2D eigenvalue weighted by Gasteiger charge is 2.19. The number of nitrogens with two attached hydrogens (primary N) is 1. The van der Waals surface area contributed by atoms with E-state index in [1.807, 2.05) is 0 Å². The minimum absolute atomic E-state index is 0.440. The van der Waals surface area contributed by atoms with Gasteiger partial charge in [0.2, 0.25) is 5.88 Å². The van der Waals surface area contributed by atoms with Crippen LogP contribution >= 0.6 is 0 Å². The largest absolute Gasteiger partial charge is 0.425 e. The van der Waals surface area contributed by atoms with Crippen LogP contribution in [0.15, 0.2) is 10.6 Å². The van der Waals surface area contributed by atoms with Gasteiger partial charge in [-0.25, -0.2) is 4.98 Å². The molecule has 66 valence electrons. The quantitative estimate of drug-likeness (QED) is 0.696. The minimum atomic E-state index is 0.440. The van der Waals surface area contributed by atoms with E-state index in [-0.39, 0.29) is 0 Å². The fourth-order valence-electron chi connectivity index (χ4n) is 1.84. The monoisotopic (exact) mass is 166 g/mol. The van der Waals surface area contributed by atoms with E-state index in [9.17, 15) is 0 Å². The molecule has 1 aromatic heterocycles. The molecule has 1 saturated carbocycles. The molecule has 1 aliphatic carbocycles. The zero-order chi connectivity index (χ0) is 8.39. The van der Waals surface area contributed by atoms with Gasteiger partial charge < -0.3 is 10.2 Å². The fourth-order valence-corrected chi connectivity index (χ4v) is 1.84. The zero-order valence-corrected chi connectivity index (χ0v) is 7.12. The number of rotatable bonds is 1. The Morgan fingerprint density at radius 3 is 2.67 bits per heavy atom. The third-order valence-electron chi connectivity index (χ3n) is 2.50. The van der Waals surface area contributed by atoms with Gasteiger partial charge >= 0.3 is 0 Å². The predicted molar refractivity (Wildman–Crippen MR) is 46.7 cm³/mol. The first kappa shape index (κ1) is 7.65. The molecule has 0 spiro atoms. The van der Waals surface area contributed by atoms with Crippen molar-refractivity contribution in [3.8, 4) is 0 Å². The Labute approximate surface area is 72.0 Å². The number of nitrogen functional groups attached to an aromatic ring is 1. The summed E-state index contributed by atoms with van der Waals surface area (Å²) in [7, 11) is 0. The van der Waals surface area contributed by atoms with Crippen LogP contribution in [0.5, 0.6) is 0 Å². The molecule has 1 aliphatic rings. The Kier molecular flexibility index (Phi) is 2.02. The lowest BCUT2D eigenvalue weighted by molar-refractivity contribution is 0.368. The molecule has 1 fully saturated rings. The molecule has 2 N–H and O–H groups in total. The van der Waals surface area contributed by atoms with Crippen molar-refractivity contribution in [1.82, 2.24) is 4.98 Å². The number of hydrogen-bond acceptors (Lipinski definition) is 3. The van der Waals surface area contributed by atoms with Gasteiger partial charge in [0.05, 0.1) is 6.20 Å². The van der Waals surface area contributed by atoms with Crippen molar-refractivity contribution in [3.63, 3.8) is 0 Å². The first-order valence-corrected chi connectivity index (χ1v) is 4.57. The Morgan fingerprint density at radius 2 is 2.08 bits per heavy atom. The summed E-state index contributed by atoms with van der Waals surface area (Å²) in [4.78, 5) is 4.15. The number of oxazole rings is 1. The smallest absolute Gasteiger partial charge is 0.211 e. The standard InChI is InChI=1S/C9H14N2O/c10-8-6-11-9(12-8)7-4-2-1-3-5-7/h6-7H,1-5,10H2. The van der Waals surface area contributed by atoms with E-state index >= 15 is 0 Å². The molecular weight excluding hydrogens is 152 g/mol. The molecule has 0 aromatic carbocycles. The summed E-state index contributed by atoms with van der Waals surface area (Å²) in [6.45, 7) is 0. The summed E-state index contributed by atoms with van der Waals surface area (Å²) in [5.74, 6) is 1.80. The van der Waals surface area contributed by atoms with E-state index in [0.29, 0.717) is 11.8 Å². The fraction of sp³-hybridized carbons (Fsp3) is 0.667. The van der Waals surface area contributed by atoms with Gasteiger partial charge in [-0.1, -0.05) is 19.3 Å². The zero-order valence-electron chi connectivity index (χ0n) is 7.12. The topological polar surface area (TPSA) is 52.0 Å². The van der Waals surface area contributed by atoms with E-state index in [2.05, 4.69) is 4.98 Å². The van der Waals surface area contributed by atoms with Gasteiger partial charge in [-0.3, -0.25) is 0 Å². The van der Waals surface area contributed by atoms with Crippen molar-refractivity contribution in [2.24, 2.45) is 0 Å². The van der Waals surface area contributed by atoms with Crippen LogP contribution < -0.4 is 5.73 Å². The summed E-state index contributed by atoms with van der Waals surface area (Å²) < 4.78 is 5.29. The highest BCUT2D eigenvalue weighted by atomic mass is 16.4. The number of nitrogens with zero attached hydrogens (tertiary/aromatic N) is 1. The molecule has 1 heterocycles. The maximum absolute atomic E-state index is 5.46. The third-order valence-corrected chi connectivity index (χ3v) is 2.50. The SMILES string of the molecule is Nc1cnc(C2CCCCC2)o1. The van der Waals surface area contributed by atoms with Crippen molar-refractivity contribution in [1.29, 1.82) is 0 Å². The Bertz CT molecular complexity index is 251. The summed E-state index contributed by atoms with van der Waals surface area (Å²) in [6, 6.07) is 0. The van der Waals surface area contributed by atoms with Crippen LogP contribution in [0.4, 0.5) is 5.88 Å². The molecule has 2 rings (SSSR count). The molecule has 3 nitrogen and oxygen atoms in total. The lowest BCUT2D eigenvalue weighted by Gasteiger charge is -2.17. The Balaban J connectivity index is 2.08. The van der Waals surface area contributed by atoms with Crippen molar-refractivity contribution in [2.75, 3.05) is 5.73 Å². The van der Waals surface area contributed by atoms with Crippen LogP contribution in [0.1, 0.15) is 43.9 Å². The van der Waals surface area contributed by atoms with E-state index in [4.69, 9.17) is 10.2 Å². The highest BCUT2D eigenvalue weighted by Crippen LogP contribution is 2.32. The lowest BCUT2D eigenvalue weighted by atomic mass is 9.89. The lowest BCUT2D eigenvalue weighted by Crippen LogP contribution is -2.04. The number of hydrogen-bond donors (Lipinski definition) is 1. The highest BCUT2D eigenvalue weighted by molar-refractivity contribution is 5.19. The molecule has 0 aliphatic heterocycles. The summed E-state index contributed by atoms with van der Waals surface area (Å²) in [5, 5.41) is 0.